The smallest absolute Gasteiger partial charge is 0.00726 e. The highest BCUT2D eigenvalue weighted by Gasteiger charge is 2.45. The first-order valence-electron chi connectivity index (χ1n) is 6.15. The third-order valence-corrected chi connectivity index (χ3v) is 4.41. The molecule has 1 heteroatoms. The predicted octanol–water partition coefficient (Wildman–Crippen LogP) is 2.56. The number of rotatable bonds is 3. The molecule has 1 nitrogen and oxygen atoms in total. The minimum Gasteiger partial charge on any atom is -0.314 e. The van der Waals surface area contributed by atoms with E-state index in [1.807, 2.05) is 0 Å². The molecule has 3 aliphatic carbocycles. The molecule has 3 rings (SSSR count). The van der Waals surface area contributed by atoms with Gasteiger partial charge in [-0.3, -0.25) is 0 Å². The molecule has 2 atom stereocenters. The third-order valence-electron chi connectivity index (χ3n) is 4.41. The highest BCUT2D eigenvalue weighted by molar-refractivity contribution is 4.98. The van der Waals surface area contributed by atoms with Gasteiger partial charge in [0.2, 0.25) is 0 Å². The van der Waals surface area contributed by atoms with Crippen LogP contribution in [0.25, 0.3) is 0 Å². The maximum atomic E-state index is 3.78. The molecule has 3 aliphatic rings. The molecule has 0 spiro atoms. The van der Waals surface area contributed by atoms with Crippen LogP contribution in [0.15, 0.2) is 0 Å². The summed E-state index contributed by atoms with van der Waals surface area (Å²) in [4.78, 5) is 0. The molecule has 0 aromatic heterocycles. The minimum atomic E-state index is 0.907. The number of nitrogens with one attached hydrogen (secondary N) is 1. The minimum absolute atomic E-state index is 0.907. The van der Waals surface area contributed by atoms with Gasteiger partial charge in [0.05, 0.1) is 0 Å². The van der Waals surface area contributed by atoms with E-state index < -0.39 is 0 Å². The molecule has 0 heterocycles. The van der Waals surface area contributed by atoms with Gasteiger partial charge in [0.25, 0.3) is 0 Å². The van der Waals surface area contributed by atoms with Crippen LogP contribution < -0.4 is 5.32 Å². The Kier molecular flexibility index (Phi) is 2.08. The van der Waals surface area contributed by atoms with Crippen LogP contribution in [-0.4, -0.2) is 12.6 Å². The van der Waals surface area contributed by atoms with Gasteiger partial charge < -0.3 is 5.32 Å². The Morgan fingerprint density at radius 2 is 1.62 bits per heavy atom. The van der Waals surface area contributed by atoms with Gasteiger partial charge in [-0.05, 0) is 56.4 Å². The lowest BCUT2D eigenvalue weighted by Crippen LogP contribution is -2.31. The maximum absolute atomic E-state index is 3.78. The highest BCUT2D eigenvalue weighted by atomic mass is 14.9. The van der Waals surface area contributed by atoms with Crippen molar-refractivity contribution in [1.82, 2.24) is 5.32 Å². The Bertz CT molecular complexity index is 174. The zero-order valence-electron chi connectivity index (χ0n) is 8.47. The molecule has 1 N–H and O–H groups in total. The van der Waals surface area contributed by atoms with Gasteiger partial charge in [0, 0.05) is 6.04 Å². The van der Waals surface area contributed by atoms with Crippen LogP contribution in [0.1, 0.15) is 44.9 Å². The van der Waals surface area contributed by atoms with Crippen molar-refractivity contribution in [3.8, 4) is 0 Å². The SMILES string of the molecule is C1CCC(CNC2CC3CC3C2)C1. The first-order chi connectivity index (χ1) is 6.42. The van der Waals surface area contributed by atoms with E-state index in [9.17, 15) is 0 Å². The average molecular weight is 179 g/mol. The summed E-state index contributed by atoms with van der Waals surface area (Å²) in [6.45, 7) is 1.32. The normalized spacial score (nSPS) is 43.8. The van der Waals surface area contributed by atoms with E-state index in [1.165, 1.54) is 45.1 Å². The summed E-state index contributed by atoms with van der Waals surface area (Å²) in [6, 6.07) is 0.907. The van der Waals surface area contributed by atoms with E-state index in [2.05, 4.69) is 5.32 Å². The van der Waals surface area contributed by atoms with E-state index in [4.69, 9.17) is 0 Å². The van der Waals surface area contributed by atoms with E-state index in [0.717, 1.165) is 23.8 Å². The first-order valence-corrected chi connectivity index (χ1v) is 6.15. The number of hydrogen-bond acceptors (Lipinski definition) is 1. The van der Waals surface area contributed by atoms with E-state index >= 15 is 0 Å². The van der Waals surface area contributed by atoms with Gasteiger partial charge in [-0.25, -0.2) is 0 Å². The fourth-order valence-electron chi connectivity index (χ4n) is 3.43. The Morgan fingerprint density at radius 3 is 2.31 bits per heavy atom. The molecular formula is C12H21N. The van der Waals surface area contributed by atoms with E-state index in [1.54, 1.807) is 6.42 Å². The second-order valence-electron chi connectivity index (χ2n) is 5.48. The lowest BCUT2D eigenvalue weighted by molar-refractivity contribution is 0.415. The molecule has 3 fully saturated rings. The van der Waals surface area contributed by atoms with Crippen LogP contribution in [0.4, 0.5) is 0 Å². The van der Waals surface area contributed by atoms with Gasteiger partial charge in [-0.2, -0.15) is 0 Å². The summed E-state index contributed by atoms with van der Waals surface area (Å²) < 4.78 is 0. The standard InChI is InChI=1S/C12H21N/c1-2-4-9(3-1)8-13-12-6-10-5-11(10)7-12/h9-13H,1-8H2. The molecule has 74 valence electrons. The Morgan fingerprint density at radius 1 is 0.923 bits per heavy atom. The predicted molar refractivity (Wildman–Crippen MR) is 54.6 cm³/mol. The topological polar surface area (TPSA) is 12.0 Å². The second kappa shape index (κ2) is 3.27. The summed E-state index contributed by atoms with van der Waals surface area (Å²) in [7, 11) is 0. The van der Waals surface area contributed by atoms with Gasteiger partial charge in [-0.1, -0.05) is 12.8 Å². The molecule has 2 unspecified atom stereocenters. The molecule has 13 heavy (non-hydrogen) atoms. The maximum Gasteiger partial charge on any atom is 0.00726 e. The zero-order chi connectivity index (χ0) is 8.67. The van der Waals surface area contributed by atoms with Crippen LogP contribution in [0.2, 0.25) is 0 Å². The van der Waals surface area contributed by atoms with Gasteiger partial charge in [0.15, 0.2) is 0 Å². The molecular weight excluding hydrogens is 158 g/mol. The van der Waals surface area contributed by atoms with Crippen molar-refractivity contribution >= 4 is 0 Å². The van der Waals surface area contributed by atoms with Crippen LogP contribution in [0.3, 0.4) is 0 Å². The summed E-state index contributed by atoms with van der Waals surface area (Å²) in [5.41, 5.74) is 0. The zero-order valence-corrected chi connectivity index (χ0v) is 8.47. The van der Waals surface area contributed by atoms with Crippen molar-refractivity contribution in [2.45, 2.75) is 51.0 Å². The number of fused-ring (bicyclic) bond motifs is 1. The fraction of sp³-hybridized carbons (Fsp3) is 1.00. The Labute approximate surface area is 81.3 Å². The first kappa shape index (κ1) is 8.28. The number of hydrogen-bond donors (Lipinski definition) is 1. The molecule has 0 aromatic carbocycles. The van der Waals surface area contributed by atoms with Crippen molar-refractivity contribution in [3.05, 3.63) is 0 Å². The summed E-state index contributed by atoms with van der Waals surface area (Å²) in [5.74, 6) is 3.30. The van der Waals surface area contributed by atoms with Gasteiger partial charge in [0.1, 0.15) is 0 Å². The third kappa shape index (κ3) is 1.76. The second-order valence-corrected chi connectivity index (χ2v) is 5.48. The van der Waals surface area contributed by atoms with Crippen molar-refractivity contribution in [2.24, 2.45) is 17.8 Å². The largest absolute Gasteiger partial charge is 0.314 e. The van der Waals surface area contributed by atoms with Crippen LogP contribution in [-0.2, 0) is 0 Å². The van der Waals surface area contributed by atoms with Crippen molar-refractivity contribution in [3.63, 3.8) is 0 Å². The molecule has 0 aromatic rings. The van der Waals surface area contributed by atoms with E-state index in [-0.39, 0.29) is 0 Å². The van der Waals surface area contributed by atoms with Crippen molar-refractivity contribution < 1.29 is 0 Å². The molecule has 3 saturated carbocycles. The van der Waals surface area contributed by atoms with Crippen molar-refractivity contribution in [2.75, 3.05) is 6.54 Å². The quantitative estimate of drug-likeness (QED) is 0.702. The van der Waals surface area contributed by atoms with Crippen LogP contribution >= 0.6 is 0 Å². The molecule has 0 radical (unpaired) electrons. The molecule has 0 saturated heterocycles. The average Bonchev–Trinajstić information content (AvgIpc) is 2.64. The summed E-state index contributed by atoms with van der Waals surface area (Å²) >= 11 is 0. The Balaban J connectivity index is 1.38. The summed E-state index contributed by atoms with van der Waals surface area (Å²) in [5, 5.41) is 3.78. The molecule has 0 amide bonds. The van der Waals surface area contributed by atoms with Crippen molar-refractivity contribution in [1.29, 1.82) is 0 Å². The monoisotopic (exact) mass is 179 g/mol. The lowest BCUT2D eigenvalue weighted by atomic mass is 10.1. The molecule has 0 bridgehead atoms. The van der Waals surface area contributed by atoms with Crippen LogP contribution in [0, 0.1) is 17.8 Å². The Hall–Kier alpha value is -0.0400. The highest BCUT2D eigenvalue weighted by Crippen LogP contribution is 2.51. The van der Waals surface area contributed by atoms with E-state index in [0.29, 0.717) is 0 Å². The fourth-order valence-corrected chi connectivity index (χ4v) is 3.43. The van der Waals surface area contributed by atoms with Gasteiger partial charge >= 0.3 is 0 Å². The van der Waals surface area contributed by atoms with Gasteiger partial charge in [-0.15, -0.1) is 0 Å². The summed E-state index contributed by atoms with van der Waals surface area (Å²) in [6.07, 6.45) is 10.5. The lowest BCUT2D eigenvalue weighted by Gasteiger charge is -2.17. The molecule has 0 aliphatic heterocycles. The van der Waals surface area contributed by atoms with Crippen LogP contribution in [0.5, 0.6) is 0 Å².